The summed E-state index contributed by atoms with van der Waals surface area (Å²) in [5.41, 5.74) is 4.11. The minimum absolute atomic E-state index is 0.0246. The van der Waals surface area contributed by atoms with Crippen LogP contribution in [0.15, 0.2) is 30.5 Å². The number of halogens is 1. The fourth-order valence-corrected chi connectivity index (χ4v) is 3.16. The third kappa shape index (κ3) is 4.07. The molecule has 0 saturated carbocycles. The Morgan fingerprint density at radius 2 is 2.00 bits per heavy atom. The number of benzene rings is 1. The first-order chi connectivity index (χ1) is 12.5. The van der Waals surface area contributed by atoms with Gasteiger partial charge in [0.2, 0.25) is 5.91 Å². The molecule has 1 aromatic carbocycles. The Bertz CT molecular complexity index is 895. The number of aromatic nitrogens is 4. The van der Waals surface area contributed by atoms with Crippen LogP contribution in [0.4, 0.5) is 0 Å². The minimum atomic E-state index is 0.0246. The van der Waals surface area contributed by atoms with Gasteiger partial charge in [-0.25, -0.2) is 0 Å². The SMILES string of the molecule is Cc1nn(C(C)C)c2cnn(CCC(=O)NCCc3ccc(Cl)cc3)c12. The molecule has 0 bridgehead atoms. The summed E-state index contributed by atoms with van der Waals surface area (Å²) >= 11 is 5.87. The molecule has 1 amide bonds. The van der Waals surface area contributed by atoms with E-state index in [-0.39, 0.29) is 11.9 Å². The highest BCUT2D eigenvalue weighted by Crippen LogP contribution is 2.21. The van der Waals surface area contributed by atoms with Crippen LogP contribution in [0.1, 0.15) is 37.6 Å². The predicted octanol–water partition coefficient (Wildman–Crippen LogP) is 3.52. The summed E-state index contributed by atoms with van der Waals surface area (Å²) in [4.78, 5) is 12.1. The van der Waals surface area contributed by atoms with Gasteiger partial charge in [-0.3, -0.25) is 14.2 Å². The Hall–Kier alpha value is -2.34. The highest BCUT2D eigenvalue weighted by molar-refractivity contribution is 6.30. The molecule has 0 unspecified atom stereocenters. The van der Waals surface area contributed by atoms with Crippen LogP contribution < -0.4 is 5.32 Å². The zero-order valence-electron chi connectivity index (χ0n) is 15.4. The third-order valence-electron chi connectivity index (χ3n) is 4.36. The third-order valence-corrected chi connectivity index (χ3v) is 4.61. The second-order valence-corrected chi connectivity index (χ2v) is 7.14. The van der Waals surface area contributed by atoms with Crippen molar-refractivity contribution in [3.63, 3.8) is 0 Å². The standard InChI is InChI=1S/C19H24ClN5O/c1-13(2)25-17-12-22-24(19(17)14(3)23-25)11-9-18(26)21-10-8-15-4-6-16(20)7-5-15/h4-7,12-13H,8-11H2,1-3H3,(H,21,26). The van der Waals surface area contributed by atoms with E-state index in [9.17, 15) is 4.79 Å². The number of carbonyl (C=O) groups is 1. The molecule has 0 aliphatic rings. The molecular weight excluding hydrogens is 350 g/mol. The maximum absolute atomic E-state index is 12.1. The van der Waals surface area contributed by atoms with Crippen molar-refractivity contribution in [1.82, 2.24) is 24.9 Å². The topological polar surface area (TPSA) is 64.7 Å². The molecule has 6 nitrogen and oxygen atoms in total. The number of fused-ring (bicyclic) bond motifs is 1. The average molecular weight is 374 g/mol. The second-order valence-electron chi connectivity index (χ2n) is 6.70. The van der Waals surface area contributed by atoms with E-state index in [1.54, 1.807) is 0 Å². The van der Waals surface area contributed by atoms with Crippen molar-refractivity contribution in [3.05, 3.63) is 46.7 Å². The summed E-state index contributed by atoms with van der Waals surface area (Å²) < 4.78 is 3.84. The molecule has 26 heavy (non-hydrogen) atoms. The Balaban J connectivity index is 1.53. The van der Waals surface area contributed by atoms with Gasteiger partial charge < -0.3 is 5.32 Å². The van der Waals surface area contributed by atoms with Gasteiger partial charge in [-0.1, -0.05) is 23.7 Å². The van der Waals surface area contributed by atoms with Gasteiger partial charge in [-0.05, 0) is 44.9 Å². The minimum Gasteiger partial charge on any atom is -0.356 e. The number of hydrogen-bond acceptors (Lipinski definition) is 3. The molecule has 0 spiro atoms. The summed E-state index contributed by atoms with van der Waals surface area (Å²) in [6, 6.07) is 7.96. The number of nitrogens with one attached hydrogen (secondary N) is 1. The van der Waals surface area contributed by atoms with E-state index >= 15 is 0 Å². The first-order valence-electron chi connectivity index (χ1n) is 8.87. The van der Waals surface area contributed by atoms with Crippen LogP contribution >= 0.6 is 11.6 Å². The van der Waals surface area contributed by atoms with Crippen molar-refractivity contribution >= 4 is 28.5 Å². The lowest BCUT2D eigenvalue weighted by atomic mass is 10.1. The van der Waals surface area contributed by atoms with E-state index in [1.807, 2.05) is 46.7 Å². The molecular formula is C19H24ClN5O. The Kier molecular flexibility index (Phi) is 5.61. The van der Waals surface area contributed by atoms with Crippen molar-refractivity contribution in [1.29, 1.82) is 0 Å². The van der Waals surface area contributed by atoms with Gasteiger partial charge in [-0.2, -0.15) is 10.2 Å². The van der Waals surface area contributed by atoms with Gasteiger partial charge in [0.1, 0.15) is 11.0 Å². The molecule has 1 N–H and O–H groups in total. The highest BCUT2D eigenvalue weighted by atomic mass is 35.5. The van der Waals surface area contributed by atoms with Crippen molar-refractivity contribution in [2.24, 2.45) is 0 Å². The number of aryl methyl sites for hydroxylation is 2. The van der Waals surface area contributed by atoms with E-state index in [0.29, 0.717) is 19.5 Å². The lowest BCUT2D eigenvalue weighted by Gasteiger charge is -2.06. The van der Waals surface area contributed by atoms with Gasteiger partial charge in [0.05, 0.1) is 18.4 Å². The van der Waals surface area contributed by atoms with E-state index in [0.717, 1.165) is 33.7 Å². The first-order valence-corrected chi connectivity index (χ1v) is 9.25. The van der Waals surface area contributed by atoms with Crippen LogP contribution in [-0.2, 0) is 17.8 Å². The normalized spacial score (nSPS) is 11.4. The van der Waals surface area contributed by atoms with Crippen LogP contribution in [0, 0.1) is 6.92 Å². The zero-order valence-corrected chi connectivity index (χ0v) is 16.1. The van der Waals surface area contributed by atoms with Crippen molar-refractivity contribution < 1.29 is 4.79 Å². The fraction of sp³-hybridized carbons (Fsp3) is 0.421. The van der Waals surface area contributed by atoms with Gasteiger partial charge in [-0.15, -0.1) is 0 Å². The molecule has 0 saturated heterocycles. The number of amides is 1. The molecule has 7 heteroatoms. The summed E-state index contributed by atoms with van der Waals surface area (Å²) in [6.07, 6.45) is 3.01. The molecule has 0 fully saturated rings. The summed E-state index contributed by atoms with van der Waals surface area (Å²) in [5, 5.41) is 12.7. The quantitative estimate of drug-likeness (QED) is 0.689. The Labute approximate surface area is 158 Å². The van der Waals surface area contributed by atoms with Gasteiger partial charge in [0.15, 0.2) is 0 Å². The molecule has 0 aliphatic carbocycles. The average Bonchev–Trinajstić information content (AvgIpc) is 3.16. The Morgan fingerprint density at radius 3 is 2.69 bits per heavy atom. The maximum atomic E-state index is 12.1. The van der Waals surface area contributed by atoms with Gasteiger partial charge in [0.25, 0.3) is 0 Å². The fourth-order valence-electron chi connectivity index (χ4n) is 3.03. The number of hydrogen-bond donors (Lipinski definition) is 1. The van der Waals surface area contributed by atoms with E-state index in [1.165, 1.54) is 0 Å². The molecule has 138 valence electrons. The number of rotatable bonds is 7. The van der Waals surface area contributed by atoms with Gasteiger partial charge in [0, 0.05) is 24.0 Å². The monoisotopic (exact) mass is 373 g/mol. The molecule has 0 aliphatic heterocycles. The molecule has 3 aromatic rings. The first kappa shape index (κ1) is 18.5. The molecule has 2 heterocycles. The lowest BCUT2D eigenvalue weighted by molar-refractivity contribution is -0.121. The van der Waals surface area contributed by atoms with Crippen LogP contribution in [0.25, 0.3) is 11.0 Å². The van der Waals surface area contributed by atoms with E-state index in [2.05, 4.69) is 29.4 Å². The highest BCUT2D eigenvalue weighted by Gasteiger charge is 2.15. The van der Waals surface area contributed by atoms with Crippen LogP contribution in [-0.4, -0.2) is 32.0 Å². The summed E-state index contributed by atoms with van der Waals surface area (Å²) in [5.74, 6) is 0.0246. The maximum Gasteiger partial charge on any atom is 0.221 e. The van der Waals surface area contributed by atoms with Gasteiger partial charge >= 0.3 is 0 Å². The molecule has 0 atom stereocenters. The van der Waals surface area contributed by atoms with E-state index < -0.39 is 0 Å². The van der Waals surface area contributed by atoms with Crippen molar-refractivity contribution in [2.75, 3.05) is 6.54 Å². The van der Waals surface area contributed by atoms with E-state index in [4.69, 9.17) is 11.6 Å². The number of nitrogens with zero attached hydrogens (tertiary/aromatic N) is 4. The van der Waals surface area contributed by atoms with Crippen molar-refractivity contribution in [3.8, 4) is 0 Å². The molecule has 2 aromatic heterocycles. The van der Waals surface area contributed by atoms with Crippen LogP contribution in [0.5, 0.6) is 0 Å². The smallest absolute Gasteiger partial charge is 0.221 e. The zero-order chi connectivity index (χ0) is 18.7. The summed E-state index contributed by atoms with van der Waals surface area (Å²) in [7, 11) is 0. The Morgan fingerprint density at radius 1 is 1.27 bits per heavy atom. The lowest BCUT2D eigenvalue weighted by Crippen LogP contribution is -2.26. The second kappa shape index (κ2) is 7.91. The van der Waals surface area contributed by atoms with Crippen molar-refractivity contribution in [2.45, 2.75) is 46.2 Å². The molecule has 0 radical (unpaired) electrons. The largest absolute Gasteiger partial charge is 0.356 e. The predicted molar refractivity (Wildman–Crippen MR) is 103 cm³/mol. The van der Waals surface area contributed by atoms with Crippen LogP contribution in [0.2, 0.25) is 5.02 Å². The summed E-state index contributed by atoms with van der Waals surface area (Å²) in [6.45, 7) is 7.32. The van der Waals surface area contributed by atoms with Crippen LogP contribution in [0.3, 0.4) is 0 Å². The number of carbonyl (C=O) groups excluding carboxylic acids is 1. The molecule has 3 rings (SSSR count).